The molecule has 0 amide bonds. The molecule has 0 aliphatic carbocycles. The van der Waals surface area contributed by atoms with E-state index in [0.29, 0.717) is 21.2 Å². The number of carboxylic acids is 1. The fraction of sp³-hybridized carbons (Fsp3) is 0.0714. The van der Waals surface area contributed by atoms with E-state index < -0.39 is 5.97 Å². The van der Waals surface area contributed by atoms with Crippen molar-refractivity contribution in [1.82, 2.24) is 9.97 Å². The Bertz CT molecular complexity index is 830. The number of aromatic carboxylic acids is 1. The van der Waals surface area contributed by atoms with Crippen molar-refractivity contribution in [3.63, 3.8) is 0 Å². The second kappa shape index (κ2) is 5.31. The highest BCUT2D eigenvalue weighted by molar-refractivity contribution is 7.20. The zero-order chi connectivity index (χ0) is 15.0. The molecule has 3 rings (SSSR count). The lowest BCUT2D eigenvalue weighted by molar-refractivity contribution is 0.0701. The molecule has 7 heteroatoms. The lowest BCUT2D eigenvalue weighted by Crippen LogP contribution is -1.97. The number of hydrogen-bond acceptors (Lipinski definition) is 5. The van der Waals surface area contributed by atoms with E-state index in [1.807, 2.05) is 12.1 Å². The summed E-state index contributed by atoms with van der Waals surface area (Å²) in [7, 11) is 0. The molecule has 0 aliphatic heterocycles. The van der Waals surface area contributed by atoms with E-state index in [2.05, 4.69) is 15.3 Å². The summed E-state index contributed by atoms with van der Waals surface area (Å²) in [6, 6.07) is 7.20. The molecule has 106 valence electrons. The van der Waals surface area contributed by atoms with Gasteiger partial charge in [-0.05, 0) is 36.8 Å². The average Bonchev–Trinajstić information content (AvgIpc) is 2.80. The Labute approximate surface area is 129 Å². The number of anilines is 2. The van der Waals surface area contributed by atoms with Crippen LogP contribution in [0.3, 0.4) is 0 Å². The van der Waals surface area contributed by atoms with Gasteiger partial charge in [-0.1, -0.05) is 11.6 Å². The first-order valence-electron chi connectivity index (χ1n) is 6.06. The molecular weight excluding hydrogens is 310 g/mol. The molecule has 5 nitrogen and oxygen atoms in total. The van der Waals surface area contributed by atoms with Crippen LogP contribution in [0.5, 0.6) is 0 Å². The number of nitrogens with zero attached hydrogens (tertiary/aromatic N) is 2. The number of rotatable bonds is 3. The first-order chi connectivity index (χ1) is 10.1. The number of halogens is 1. The molecule has 0 bridgehead atoms. The molecule has 0 radical (unpaired) electrons. The Balaban J connectivity index is 2.10. The Morgan fingerprint density at radius 3 is 2.67 bits per heavy atom. The highest BCUT2D eigenvalue weighted by Gasteiger charge is 2.18. The zero-order valence-corrected chi connectivity index (χ0v) is 12.5. The molecule has 1 aromatic carbocycles. The van der Waals surface area contributed by atoms with Gasteiger partial charge >= 0.3 is 5.97 Å². The lowest BCUT2D eigenvalue weighted by atomic mass is 10.2. The molecule has 0 atom stereocenters. The standard InChI is InChI=1S/C14H10ClN3O2S/c1-7-10-12(18-9-4-2-8(15)3-5-9)16-6-17-13(10)21-11(7)14(19)20/h2-6H,1H3,(H,19,20)(H,16,17,18). The third-order valence-corrected chi connectivity index (χ3v) is 4.47. The molecule has 3 aromatic rings. The first-order valence-corrected chi connectivity index (χ1v) is 7.25. The van der Waals surface area contributed by atoms with Crippen LogP contribution in [0.25, 0.3) is 10.2 Å². The van der Waals surface area contributed by atoms with Crippen LogP contribution in [-0.2, 0) is 0 Å². The monoisotopic (exact) mass is 319 g/mol. The molecule has 21 heavy (non-hydrogen) atoms. The van der Waals surface area contributed by atoms with Crippen molar-refractivity contribution in [1.29, 1.82) is 0 Å². The van der Waals surface area contributed by atoms with Gasteiger partial charge in [-0.25, -0.2) is 14.8 Å². The predicted molar refractivity (Wildman–Crippen MR) is 83.8 cm³/mol. The van der Waals surface area contributed by atoms with Gasteiger partial charge in [0.1, 0.15) is 21.9 Å². The summed E-state index contributed by atoms with van der Waals surface area (Å²) >= 11 is 7.00. The number of thiophene rings is 1. The molecule has 0 spiro atoms. The number of nitrogens with one attached hydrogen (secondary N) is 1. The molecular formula is C14H10ClN3O2S. The van der Waals surface area contributed by atoms with Crippen molar-refractivity contribution in [2.45, 2.75) is 6.92 Å². The maximum absolute atomic E-state index is 11.2. The molecule has 0 saturated heterocycles. The third-order valence-electron chi connectivity index (χ3n) is 3.03. The Morgan fingerprint density at radius 1 is 1.29 bits per heavy atom. The number of aryl methyl sites for hydroxylation is 1. The molecule has 0 unspecified atom stereocenters. The smallest absolute Gasteiger partial charge is 0.346 e. The van der Waals surface area contributed by atoms with Crippen LogP contribution in [0.1, 0.15) is 15.2 Å². The van der Waals surface area contributed by atoms with Gasteiger partial charge in [-0.2, -0.15) is 0 Å². The van der Waals surface area contributed by atoms with Crippen LogP contribution < -0.4 is 5.32 Å². The second-order valence-corrected chi connectivity index (χ2v) is 5.83. The predicted octanol–water partition coefficient (Wildman–Crippen LogP) is 4.09. The fourth-order valence-corrected chi connectivity index (χ4v) is 3.15. The molecule has 0 fully saturated rings. The van der Waals surface area contributed by atoms with Crippen LogP contribution in [0.4, 0.5) is 11.5 Å². The summed E-state index contributed by atoms with van der Waals surface area (Å²) in [4.78, 5) is 20.5. The number of carbonyl (C=O) groups is 1. The quantitative estimate of drug-likeness (QED) is 0.760. The summed E-state index contributed by atoms with van der Waals surface area (Å²) in [5.74, 6) is -0.364. The van der Waals surface area contributed by atoms with E-state index in [-0.39, 0.29) is 4.88 Å². The largest absolute Gasteiger partial charge is 0.477 e. The summed E-state index contributed by atoms with van der Waals surface area (Å²) in [6.45, 7) is 1.76. The van der Waals surface area contributed by atoms with E-state index in [0.717, 1.165) is 22.4 Å². The van der Waals surface area contributed by atoms with Crippen LogP contribution in [0.15, 0.2) is 30.6 Å². The van der Waals surface area contributed by atoms with Crippen molar-refractivity contribution in [2.75, 3.05) is 5.32 Å². The molecule has 2 heterocycles. The van der Waals surface area contributed by atoms with Crippen molar-refractivity contribution in [2.24, 2.45) is 0 Å². The van der Waals surface area contributed by atoms with E-state index in [1.54, 1.807) is 19.1 Å². The van der Waals surface area contributed by atoms with Crippen LogP contribution in [0.2, 0.25) is 5.02 Å². The molecule has 0 aliphatic rings. The summed E-state index contributed by atoms with van der Waals surface area (Å²) in [5, 5.41) is 13.8. The molecule has 2 N–H and O–H groups in total. The molecule has 0 saturated carbocycles. The number of fused-ring (bicyclic) bond motifs is 1. The summed E-state index contributed by atoms with van der Waals surface area (Å²) in [5.41, 5.74) is 1.49. The van der Waals surface area contributed by atoms with Gasteiger partial charge in [-0.3, -0.25) is 0 Å². The fourth-order valence-electron chi connectivity index (χ4n) is 2.04. The van der Waals surface area contributed by atoms with Gasteiger partial charge < -0.3 is 10.4 Å². The minimum absolute atomic E-state index is 0.282. The van der Waals surface area contributed by atoms with E-state index in [9.17, 15) is 9.90 Å². The zero-order valence-electron chi connectivity index (χ0n) is 10.9. The first kappa shape index (κ1) is 13.8. The average molecular weight is 320 g/mol. The number of benzene rings is 1. The minimum atomic E-state index is -0.951. The van der Waals surface area contributed by atoms with Crippen LogP contribution >= 0.6 is 22.9 Å². The Kier molecular flexibility index (Phi) is 3.48. The number of hydrogen-bond donors (Lipinski definition) is 2. The highest BCUT2D eigenvalue weighted by atomic mass is 35.5. The topological polar surface area (TPSA) is 75.1 Å². The van der Waals surface area contributed by atoms with Gasteiger partial charge in [0.25, 0.3) is 0 Å². The normalized spacial score (nSPS) is 10.8. The minimum Gasteiger partial charge on any atom is -0.477 e. The van der Waals surface area contributed by atoms with Gasteiger partial charge in [0, 0.05) is 10.7 Å². The van der Waals surface area contributed by atoms with E-state index in [4.69, 9.17) is 11.6 Å². The summed E-state index contributed by atoms with van der Waals surface area (Å²) in [6.07, 6.45) is 1.42. The number of carboxylic acid groups (broad SMARTS) is 1. The maximum atomic E-state index is 11.2. The SMILES string of the molecule is Cc1c(C(=O)O)sc2ncnc(Nc3ccc(Cl)cc3)c12. The van der Waals surface area contributed by atoms with Crippen LogP contribution in [0, 0.1) is 6.92 Å². The second-order valence-electron chi connectivity index (χ2n) is 4.40. The summed E-state index contributed by atoms with van der Waals surface area (Å²) < 4.78 is 0. The van der Waals surface area contributed by atoms with Crippen molar-refractivity contribution in [3.8, 4) is 0 Å². The van der Waals surface area contributed by atoms with Crippen molar-refractivity contribution in [3.05, 3.63) is 46.1 Å². The van der Waals surface area contributed by atoms with Crippen molar-refractivity contribution < 1.29 is 9.90 Å². The Morgan fingerprint density at radius 2 is 2.00 bits per heavy atom. The van der Waals surface area contributed by atoms with Gasteiger partial charge in [0.2, 0.25) is 0 Å². The van der Waals surface area contributed by atoms with E-state index >= 15 is 0 Å². The highest BCUT2D eigenvalue weighted by Crippen LogP contribution is 2.34. The molecule has 2 aromatic heterocycles. The van der Waals surface area contributed by atoms with Gasteiger partial charge in [0.15, 0.2) is 0 Å². The van der Waals surface area contributed by atoms with Crippen LogP contribution in [-0.4, -0.2) is 21.0 Å². The maximum Gasteiger partial charge on any atom is 0.346 e. The van der Waals surface area contributed by atoms with Crippen molar-refractivity contribution >= 4 is 50.6 Å². The number of aromatic nitrogens is 2. The Hall–Kier alpha value is -2.18. The third kappa shape index (κ3) is 2.55. The lowest BCUT2D eigenvalue weighted by Gasteiger charge is -2.07. The van der Waals surface area contributed by atoms with Gasteiger partial charge in [0.05, 0.1) is 5.39 Å². The van der Waals surface area contributed by atoms with E-state index in [1.165, 1.54) is 6.33 Å². The van der Waals surface area contributed by atoms with Gasteiger partial charge in [-0.15, -0.1) is 11.3 Å².